The van der Waals surface area contributed by atoms with Crippen molar-refractivity contribution in [3.8, 4) is 0 Å². The Kier molecular flexibility index (Phi) is 2.99. The number of halogens is 5. The summed E-state index contributed by atoms with van der Waals surface area (Å²) in [5.74, 6) is -2.81. The van der Waals surface area contributed by atoms with E-state index >= 15 is 0 Å². The van der Waals surface area contributed by atoms with E-state index in [0.717, 1.165) is 12.1 Å². The molecule has 0 saturated heterocycles. The number of hydrogen-bond donors (Lipinski definition) is 1. The van der Waals surface area contributed by atoms with Crippen molar-refractivity contribution in [2.24, 2.45) is 0 Å². The average Bonchev–Trinajstić information content (AvgIpc) is 1.99. The molecule has 0 aliphatic carbocycles. The van der Waals surface area contributed by atoms with Crippen LogP contribution in [0.2, 0.25) is 0 Å². The Morgan fingerprint density at radius 1 is 1.13 bits per heavy atom. The van der Waals surface area contributed by atoms with Gasteiger partial charge in [0.05, 0.1) is 5.56 Å². The summed E-state index contributed by atoms with van der Waals surface area (Å²) >= 11 is 0. The summed E-state index contributed by atoms with van der Waals surface area (Å²) < 4.78 is 62.0. The molecule has 15 heavy (non-hydrogen) atoms. The summed E-state index contributed by atoms with van der Waals surface area (Å²) in [5, 5.41) is 8.70. The molecule has 1 aromatic carbocycles. The molecular weight excluding hydrogens is 219 g/mol. The zero-order valence-corrected chi connectivity index (χ0v) is 7.57. The Balaban J connectivity index is 3.26. The molecule has 1 aromatic rings. The Labute approximate surface area is 82.1 Å². The summed E-state index contributed by atoms with van der Waals surface area (Å²) in [7, 11) is 0. The molecule has 0 heterocycles. The van der Waals surface area contributed by atoms with Gasteiger partial charge >= 0.3 is 6.18 Å². The third kappa shape index (κ3) is 2.44. The van der Waals surface area contributed by atoms with Crippen molar-refractivity contribution in [2.75, 3.05) is 0 Å². The van der Waals surface area contributed by atoms with Crippen LogP contribution in [0.3, 0.4) is 0 Å². The molecule has 1 atom stereocenters. The summed E-state index contributed by atoms with van der Waals surface area (Å²) in [6.07, 6.45) is -8.23. The van der Waals surface area contributed by atoms with Crippen molar-refractivity contribution in [3.05, 3.63) is 34.9 Å². The smallest absolute Gasteiger partial charge is 0.379 e. The quantitative estimate of drug-likeness (QED) is 0.730. The Hall–Kier alpha value is -1.17. The highest BCUT2D eigenvalue weighted by Crippen LogP contribution is 2.35. The molecule has 0 aliphatic heterocycles. The maximum Gasteiger partial charge on any atom is 0.418 e. The first-order valence-corrected chi connectivity index (χ1v) is 3.94. The van der Waals surface area contributed by atoms with Gasteiger partial charge < -0.3 is 5.11 Å². The van der Waals surface area contributed by atoms with Crippen LogP contribution in [0.1, 0.15) is 17.2 Å². The maximum absolute atomic E-state index is 13.0. The second-order valence-corrected chi connectivity index (χ2v) is 3.09. The first-order valence-electron chi connectivity index (χ1n) is 3.94. The second kappa shape index (κ2) is 3.77. The Morgan fingerprint density at radius 2 is 1.53 bits per heavy atom. The number of aliphatic hydroxyl groups excluding tert-OH is 1. The fourth-order valence-corrected chi connectivity index (χ4v) is 1.14. The second-order valence-electron chi connectivity index (χ2n) is 3.09. The minimum Gasteiger partial charge on any atom is -0.379 e. The number of alkyl halides is 3. The topological polar surface area (TPSA) is 20.2 Å². The molecule has 0 unspecified atom stereocenters. The molecule has 1 rings (SSSR count). The van der Waals surface area contributed by atoms with Crippen molar-refractivity contribution < 1.29 is 27.1 Å². The van der Waals surface area contributed by atoms with Crippen LogP contribution in [-0.2, 0) is 0 Å². The number of aliphatic hydroxyl groups is 1. The molecule has 1 nitrogen and oxygen atoms in total. The van der Waals surface area contributed by atoms with Gasteiger partial charge in [0.25, 0.3) is 0 Å². The van der Waals surface area contributed by atoms with E-state index in [1.165, 1.54) is 6.92 Å². The zero-order valence-electron chi connectivity index (χ0n) is 7.57. The molecule has 6 heteroatoms. The summed E-state index contributed by atoms with van der Waals surface area (Å²) in [5.41, 5.74) is -1.23. The van der Waals surface area contributed by atoms with Crippen LogP contribution >= 0.6 is 0 Å². The fourth-order valence-electron chi connectivity index (χ4n) is 1.14. The molecule has 0 bridgehead atoms. The lowest BCUT2D eigenvalue weighted by molar-refractivity contribution is -0.208. The van der Waals surface area contributed by atoms with E-state index in [4.69, 9.17) is 5.11 Å². The van der Waals surface area contributed by atoms with Crippen LogP contribution in [0.25, 0.3) is 0 Å². The number of benzene rings is 1. The molecule has 0 aliphatic rings. The highest BCUT2D eigenvalue weighted by atomic mass is 19.4. The zero-order chi connectivity index (χ0) is 11.8. The predicted molar refractivity (Wildman–Crippen MR) is 42.1 cm³/mol. The highest BCUT2D eigenvalue weighted by molar-refractivity contribution is 5.27. The standard InChI is InChI=1S/C9H7F5O/c1-4-2-5(10)7(6(11)3-4)8(15)9(12,13)14/h2-3,8,15H,1H3/t8-/m1/s1. The van der Waals surface area contributed by atoms with Crippen LogP contribution < -0.4 is 0 Å². The number of rotatable bonds is 1. The largest absolute Gasteiger partial charge is 0.418 e. The minimum atomic E-state index is -5.09. The molecule has 0 saturated carbocycles. The molecule has 0 fully saturated rings. The predicted octanol–water partition coefficient (Wildman–Crippen LogP) is 2.87. The summed E-state index contributed by atoms with van der Waals surface area (Å²) in [6.45, 7) is 1.33. The van der Waals surface area contributed by atoms with Gasteiger partial charge in [-0.2, -0.15) is 13.2 Å². The van der Waals surface area contributed by atoms with Crippen LogP contribution in [0.4, 0.5) is 22.0 Å². The van der Waals surface area contributed by atoms with Crippen molar-refractivity contribution >= 4 is 0 Å². The normalized spacial score (nSPS) is 14.1. The Bertz CT molecular complexity index is 348. The van der Waals surface area contributed by atoms with E-state index in [-0.39, 0.29) is 5.56 Å². The Morgan fingerprint density at radius 3 is 1.87 bits per heavy atom. The van der Waals surface area contributed by atoms with E-state index in [1.54, 1.807) is 0 Å². The molecule has 1 N–H and O–H groups in total. The molecule has 84 valence electrons. The van der Waals surface area contributed by atoms with Gasteiger partial charge in [-0.3, -0.25) is 0 Å². The summed E-state index contributed by atoms with van der Waals surface area (Å²) in [6, 6.07) is 1.46. The molecule has 0 amide bonds. The van der Waals surface area contributed by atoms with E-state index in [0.29, 0.717) is 0 Å². The van der Waals surface area contributed by atoms with Gasteiger partial charge in [-0.05, 0) is 24.6 Å². The SMILES string of the molecule is Cc1cc(F)c([C@@H](O)C(F)(F)F)c(F)c1. The monoisotopic (exact) mass is 226 g/mol. The van der Waals surface area contributed by atoms with E-state index < -0.39 is 29.5 Å². The molecule has 0 radical (unpaired) electrons. The fraction of sp³-hybridized carbons (Fsp3) is 0.333. The van der Waals surface area contributed by atoms with E-state index in [1.807, 2.05) is 0 Å². The van der Waals surface area contributed by atoms with Gasteiger partial charge in [-0.25, -0.2) is 8.78 Å². The van der Waals surface area contributed by atoms with Crippen molar-refractivity contribution in [2.45, 2.75) is 19.2 Å². The van der Waals surface area contributed by atoms with Crippen LogP contribution in [0.15, 0.2) is 12.1 Å². The maximum atomic E-state index is 13.0. The van der Waals surface area contributed by atoms with Crippen LogP contribution in [-0.4, -0.2) is 11.3 Å². The van der Waals surface area contributed by atoms with Gasteiger partial charge in [-0.15, -0.1) is 0 Å². The van der Waals surface area contributed by atoms with Crippen molar-refractivity contribution in [1.82, 2.24) is 0 Å². The van der Waals surface area contributed by atoms with Crippen LogP contribution in [0.5, 0.6) is 0 Å². The van der Waals surface area contributed by atoms with Gasteiger partial charge in [0.2, 0.25) is 0 Å². The third-order valence-electron chi connectivity index (χ3n) is 1.81. The third-order valence-corrected chi connectivity index (χ3v) is 1.81. The first kappa shape index (κ1) is 11.9. The lowest BCUT2D eigenvalue weighted by Gasteiger charge is -2.16. The molecule has 0 spiro atoms. The summed E-state index contributed by atoms with van der Waals surface area (Å²) in [4.78, 5) is 0. The molecule has 0 aromatic heterocycles. The van der Waals surface area contributed by atoms with E-state index in [2.05, 4.69) is 0 Å². The van der Waals surface area contributed by atoms with Crippen molar-refractivity contribution in [1.29, 1.82) is 0 Å². The first-order chi connectivity index (χ1) is 6.73. The number of aryl methyl sites for hydroxylation is 1. The average molecular weight is 226 g/mol. The lowest BCUT2D eigenvalue weighted by Crippen LogP contribution is -2.22. The van der Waals surface area contributed by atoms with E-state index in [9.17, 15) is 22.0 Å². The van der Waals surface area contributed by atoms with Gasteiger partial charge in [0.15, 0.2) is 6.10 Å². The van der Waals surface area contributed by atoms with Crippen molar-refractivity contribution in [3.63, 3.8) is 0 Å². The van der Waals surface area contributed by atoms with Crippen LogP contribution in [0, 0.1) is 18.6 Å². The molecular formula is C9H7F5O. The van der Waals surface area contributed by atoms with Gasteiger partial charge in [0, 0.05) is 0 Å². The number of hydrogen-bond acceptors (Lipinski definition) is 1. The minimum absolute atomic E-state index is 0.142. The highest BCUT2D eigenvalue weighted by Gasteiger charge is 2.42. The lowest BCUT2D eigenvalue weighted by atomic mass is 10.1. The van der Waals surface area contributed by atoms with Gasteiger partial charge in [0.1, 0.15) is 11.6 Å². The van der Waals surface area contributed by atoms with Gasteiger partial charge in [-0.1, -0.05) is 0 Å².